The molecule has 0 radical (unpaired) electrons. The van der Waals surface area contributed by atoms with Gasteiger partial charge < -0.3 is 20.1 Å². The van der Waals surface area contributed by atoms with Crippen molar-refractivity contribution in [3.8, 4) is 6.07 Å². The summed E-state index contributed by atoms with van der Waals surface area (Å²) in [6, 6.07) is 4.02. The quantitative estimate of drug-likeness (QED) is 0.582. The lowest BCUT2D eigenvalue weighted by Gasteiger charge is -2.26. The van der Waals surface area contributed by atoms with Gasteiger partial charge in [-0.15, -0.1) is 11.3 Å². The largest absolute Gasteiger partial charge is 0.516 e. The Kier molecular flexibility index (Phi) is 9.06. The molecular formula is C21H29N5O2S. The predicted molar refractivity (Wildman–Crippen MR) is 118 cm³/mol. The van der Waals surface area contributed by atoms with E-state index in [1.807, 2.05) is 20.0 Å². The first-order chi connectivity index (χ1) is 14.1. The molecule has 0 aromatic carbocycles. The van der Waals surface area contributed by atoms with E-state index in [1.165, 1.54) is 11.6 Å². The summed E-state index contributed by atoms with van der Waals surface area (Å²) in [5.41, 5.74) is 9.29. The molecule has 29 heavy (non-hydrogen) atoms. The van der Waals surface area contributed by atoms with E-state index in [2.05, 4.69) is 21.0 Å². The molecule has 0 bridgehead atoms. The van der Waals surface area contributed by atoms with Crippen LogP contribution in [-0.2, 0) is 4.74 Å². The van der Waals surface area contributed by atoms with Crippen LogP contribution in [0.4, 0.5) is 0 Å². The van der Waals surface area contributed by atoms with Crippen LogP contribution in [0.15, 0.2) is 30.0 Å². The molecule has 2 atom stereocenters. The van der Waals surface area contributed by atoms with Gasteiger partial charge in [-0.3, -0.25) is 4.98 Å². The molecular weight excluding hydrogens is 386 g/mol. The molecule has 0 saturated carbocycles. The Morgan fingerprint density at radius 2 is 2.28 bits per heavy atom. The molecule has 4 heterocycles. The standard InChI is InChI=1S/C15H18N4OS.C4H8O.C2H3N/c1-9(16)15-18-12-7-17-11-4-6-21-14(11)13(12)19(15)10-3-2-5-20-8-10;1-2-3-4-5;1-2-3/h4,6-7,9-10H,2-3,5,8,16H2,1H3;3-5H,2H2,1H3;1H3/b;4-3-;. The number of aliphatic hydroxyl groups is 1. The lowest BCUT2D eigenvalue weighted by Crippen LogP contribution is -2.25. The number of nitrogens with zero attached hydrogens (tertiary/aromatic N) is 4. The van der Waals surface area contributed by atoms with Gasteiger partial charge in [0.2, 0.25) is 0 Å². The van der Waals surface area contributed by atoms with Crippen molar-refractivity contribution in [1.29, 1.82) is 5.26 Å². The highest BCUT2D eigenvalue weighted by Crippen LogP contribution is 2.34. The summed E-state index contributed by atoms with van der Waals surface area (Å²) in [7, 11) is 0. The number of imidazole rings is 1. The fourth-order valence-electron chi connectivity index (χ4n) is 3.22. The van der Waals surface area contributed by atoms with Crippen LogP contribution in [0.25, 0.3) is 21.3 Å². The van der Waals surface area contributed by atoms with Crippen molar-refractivity contribution in [3.05, 3.63) is 35.8 Å². The van der Waals surface area contributed by atoms with E-state index in [0.29, 0.717) is 6.04 Å². The Labute approximate surface area is 175 Å². The second-order valence-electron chi connectivity index (χ2n) is 6.64. The zero-order valence-corrected chi connectivity index (χ0v) is 18.0. The summed E-state index contributed by atoms with van der Waals surface area (Å²) in [4.78, 5) is 9.23. The van der Waals surface area contributed by atoms with Crippen molar-refractivity contribution in [2.24, 2.45) is 5.73 Å². The van der Waals surface area contributed by atoms with Gasteiger partial charge in [-0.25, -0.2) is 4.98 Å². The van der Waals surface area contributed by atoms with Crippen LogP contribution in [-0.4, -0.2) is 32.9 Å². The second-order valence-corrected chi connectivity index (χ2v) is 7.56. The number of nitriles is 1. The summed E-state index contributed by atoms with van der Waals surface area (Å²) < 4.78 is 9.18. The maximum absolute atomic E-state index is 7.89. The molecule has 0 amide bonds. The van der Waals surface area contributed by atoms with Gasteiger partial charge in [0.25, 0.3) is 0 Å². The van der Waals surface area contributed by atoms with Crippen LogP contribution in [0.5, 0.6) is 0 Å². The Morgan fingerprint density at radius 3 is 2.83 bits per heavy atom. The van der Waals surface area contributed by atoms with E-state index in [1.54, 1.807) is 23.5 Å². The molecule has 3 aromatic rings. The number of aliphatic hydroxyl groups excluding tert-OH is 1. The van der Waals surface area contributed by atoms with E-state index >= 15 is 0 Å². The van der Waals surface area contributed by atoms with Crippen LogP contribution in [0.2, 0.25) is 0 Å². The summed E-state index contributed by atoms with van der Waals surface area (Å²) >= 11 is 1.72. The number of ether oxygens (including phenoxy) is 1. The van der Waals surface area contributed by atoms with Crippen LogP contribution < -0.4 is 5.73 Å². The third-order valence-electron chi connectivity index (χ3n) is 4.40. The first-order valence-corrected chi connectivity index (χ1v) is 10.6. The van der Waals surface area contributed by atoms with Crippen LogP contribution in [0, 0.1) is 11.3 Å². The minimum Gasteiger partial charge on any atom is -0.516 e. The lowest BCUT2D eigenvalue weighted by atomic mass is 10.1. The van der Waals surface area contributed by atoms with Crippen molar-refractivity contribution < 1.29 is 9.84 Å². The van der Waals surface area contributed by atoms with Crippen molar-refractivity contribution in [2.45, 2.75) is 52.1 Å². The SMILES string of the molecule is CC#N.CC(N)c1nc2cnc3ccsc3c2n1C1CCCOC1.CC/C=C\O. The molecule has 1 aliphatic heterocycles. The number of aromatic nitrogens is 3. The van der Waals surface area contributed by atoms with Crippen LogP contribution >= 0.6 is 11.3 Å². The molecule has 0 spiro atoms. The Morgan fingerprint density at radius 1 is 1.52 bits per heavy atom. The second kappa shape index (κ2) is 11.5. The van der Waals surface area contributed by atoms with E-state index < -0.39 is 0 Å². The van der Waals surface area contributed by atoms with Crippen molar-refractivity contribution >= 4 is 32.6 Å². The topological polar surface area (TPSA) is 110 Å². The van der Waals surface area contributed by atoms with Gasteiger partial charge in [-0.1, -0.05) is 13.0 Å². The first kappa shape index (κ1) is 22.8. The zero-order valence-electron chi connectivity index (χ0n) is 17.2. The minimum atomic E-state index is -0.102. The lowest BCUT2D eigenvalue weighted by molar-refractivity contribution is 0.0593. The van der Waals surface area contributed by atoms with Crippen LogP contribution in [0.1, 0.15) is 57.9 Å². The molecule has 7 nitrogen and oxygen atoms in total. The van der Waals surface area contributed by atoms with Crippen LogP contribution in [0.3, 0.4) is 0 Å². The van der Waals surface area contributed by atoms with Gasteiger partial charge in [0.05, 0.1) is 53.0 Å². The molecule has 156 valence electrons. The smallest absolute Gasteiger partial charge is 0.127 e. The van der Waals surface area contributed by atoms with Crippen molar-refractivity contribution in [1.82, 2.24) is 14.5 Å². The average Bonchev–Trinajstić information content (AvgIpc) is 3.34. The first-order valence-electron chi connectivity index (χ1n) is 9.76. The molecule has 2 unspecified atom stereocenters. The summed E-state index contributed by atoms with van der Waals surface area (Å²) in [6.45, 7) is 6.97. The van der Waals surface area contributed by atoms with Gasteiger partial charge in [-0.2, -0.15) is 5.26 Å². The van der Waals surface area contributed by atoms with E-state index in [9.17, 15) is 0 Å². The number of hydrogen-bond acceptors (Lipinski definition) is 7. The maximum atomic E-state index is 7.89. The van der Waals surface area contributed by atoms with Crippen molar-refractivity contribution in [2.75, 3.05) is 13.2 Å². The van der Waals surface area contributed by atoms with E-state index in [4.69, 9.17) is 25.8 Å². The number of pyridine rings is 1. The number of hydrogen-bond donors (Lipinski definition) is 2. The number of nitrogens with two attached hydrogens (primary N) is 1. The van der Waals surface area contributed by atoms with Gasteiger partial charge in [0.15, 0.2) is 0 Å². The fourth-order valence-corrected chi connectivity index (χ4v) is 4.11. The van der Waals surface area contributed by atoms with Gasteiger partial charge in [-0.05, 0) is 37.6 Å². The summed E-state index contributed by atoms with van der Waals surface area (Å²) in [5, 5.41) is 17.3. The van der Waals surface area contributed by atoms with Gasteiger partial charge >= 0.3 is 0 Å². The normalized spacial score (nSPS) is 17.3. The summed E-state index contributed by atoms with van der Waals surface area (Å²) in [5.74, 6) is 0.934. The molecule has 8 heteroatoms. The Bertz CT molecular complexity index is 965. The maximum Gasteiger partial charge on any atom is 0.127 e. The highest BCUT2D eigenvalue weighted by Gasteiger charge is 2.25. The molecule has 1 saturated heterocycles. The molecule has 3 N–H and O–H groups in total. The molecule has 1 aliphatic rings. The summed E-state index contributed by atoms with van der Waals surface area (Å²) in [6.07, 6.45) is 7.70. The highest BCUT2D eigenvalue weighted by atomic mass is 32.1. The van der Waals surface area contributed by atoms with Gasteiger partial charge in [0, 0.05) is 13.5 Å². The number of allylic oxidation sites excluding steroid dienone is 1. The Hall–Kier alpha value is -2.47. The highest BCUT2D eigenvalue weighted by molar-refractivity contribution is 7.18. The van der Waals surface area contributed by atoms with Gasteiger partial charge in [0.1, 0.15) is 11.3 Å². The minimum absolute atomic E-state index is 0.102. The molecule has 4 rings (SSSR count). The average molecular weight is 416 g/mol. The van der Waals surface area contributed by atoms with E-state index in [-0.39, 0.29) is 6.04 Å². The number of thiophene rings is 1. The third-order valence-corrected chi connectivity index (χ3v) is 5.31. The Balaban J connectivity index is 0.000000324. The zero-order chi connectivity index (χ0) is 21.2. The third kappa shape index (κ3) is 5.54. The van der Waals surface area contributed by atoms with Crippen molar-refractivity contribution in [3.63, 3.8) is 0 Å². The van der Waals surface area contributed by atoms with E-state index in [0.717, 1.165) is 61.1 Å². The monoisotopic (exact) mass is 415 g/mol. The number of fused-ring (bicyclic) bond motifs is 3. The molecule has 0 aliphatic carbocycles. The number of rotatable bonds is 3. The fraction of sp³-hybridized carbons (Fsp3) is 0.476. The molecule has 1 fully saturated rings. The predicted octanol–water partition coefficient (Wildman–Crippen LogP) is 5.02. The molecule has 3 aromatic heterocycles.